The smallest absolute Gasteiger partial charge is 0.312 e. The highest BCUT2D eigenvalue weighted by atomic mass is 16.5. The van der Waals surface area contributed by atoms with Crippen molar-refractivity contribution in [3.63, 3.8) is 0 Å². The number of carbonyl (C=O) groups is 1. The van der Waals surface area contributed by atoms with Gasteiger partial charge in [-0.1, -0.05) is 30.9 Å². The second-order valence-corrected chi connectivity index (χ2v) is 3.81. The Labute approximate surface area is 108 Å². The number of esters is 1. The topological polar surface area (TPSA) is 35.5 Å². The molecule has 0 spiro atoms. The van der Waals surface area contributed by atoms with Gasteiger partial charge < -0.3 is 9.47 Å². The van der Waals surface area contributed by atoms with E-state index in [2.05, 4.69) is 13.2 Å². The summed E-state index contributed by atoms with van der Waals surface area (Å²) >= 11 is 0. The molecule has 3 heteroatoms. The van der Waals surface area contributed by atoms with Crippen LogP contribution in [0.25, 0.3) is 0 Å². The number of hydrogen-bond donors (Lipinski definition) is 0. The van der Waals surface area contributed by atoms with Crippen LogP contribution in [0.1, 0.15) is 5.56 Å². The average Bonchev–Trinajstić information content (AvgIpc) is 2.43. The van der Waals surface area contributed by atoms with E-state index >= 15 is 0 Å². The number of hydrogen-bond acceptors (Lipinski definition) is 3. The highest BCUT2D eigenvalue weighted by Crippen LogP contribution is 2.16. The van der Waals surface area contributed by atoms with Gasteiger partial charge in [0.15, 0.2) is 0 Å². The Hall–Kier alpha value is -2.03. The lowest BCUT2D eigenvalue weighted by Gasteiger charge is -2.10. The molecule has 0 fully saturated rings. The lowest BCUT2D eigenvalue weighted by atomic mass is 9.99. The molecule has 1 aromatic rings. The number of carbonyl (C=O) groups excluding carboxylic acids is 1. The molecule has 1 atom stereocenters. The lowest BCUT2D eigenvalue weighted by molar-refractivity contribution is -0.143. The zero-order valence-electron chi connectivity index (χ0n) is 10.6. The summed E-state index contributed by atoms with van der Waals surface area (Å²) in [5, 5.41) is 0. The van der Waals surface area contributed by atoms with Crippen LogP contribution in [0.5, 0.6) is 5.75 Å². The number of methoxy groups -OCH3 is 1. The van der Waals surface area contributed by atoms with E-state index in [1.54, 1.807) is 12.2 Å². The molecule has 18 heavy (non-hydrogen) atoms. The third-order valence-electron chi connectivity index (χ3n) is 2.54. The summed E-state index contributed by atoms with van der Waals surface area (Å²) in [4.78, 5) is 11.4. The molecule has 96 valence electrons. The Morgan fingerprint density at radius 1 is 1.33 bits per heavy atom. The van der Waals surface area contributed by atoms with E-state index in [1.165, 1.54) is 7.11 Å². The molecule has 0 aliphatic carbocycles. The molecular weight excluding hydrogens is 228 g/mol. The van der Waals surface area contributed by atoms with Gasteiger partial charge in [-0.05, 0) is 24.1 Å². The summed E-state index contributed by atoms with van der Waals surface area (Å²) in [5.41, 5.74) is 1.04. The first-order valence-electron chi connectivity index (χ1n) is 5.74. The summed E-state index contributed by atoms with van der Waals surface area (Å²) in [7, 11) is 1.38. The van der Waals surface area contributed by atoms with Gasteiger partial charge in [-0.15, -0.1) is 6.58 Å². The first-order chi connectivity index (χ1) is 8.71. The second kappa shape index (κ2) is 7.33. The van der Waals surface area contributed by atoms with Crippen LogP contribution in [0.15, 0.2) is 49.6 Å². The van der Waals surface area contributed by atoms with Gasteiger partial charge in [0.25, 0.3) is 0 Å². The summed E-state index contributed by atoms with van der Waals surface area (Å²) in [6, 6.07) is 7.60. The maximum atomic E-state index is 11.4. The van der Waals surface area contributed by atoms with E-state index < -0.39 is 0 Å². The molecule has 0 N–H and O–H groups in total. The molecule has 0 radical (unpaired) electrons. The van der Waals surface area contributed by atoms with Crippen molar-refractivity contribution in [2.24, 2.45) is 5.92 Å². The van der Waals surface area contributed by atoms with Crippen LogP contribution in [0.4, 0.5) is 0 Å². The number of rotatable bonds is 7. The van der Waals surface area contributed by atoms with Crippen LogP contribution < -0.4 is 4.74 Å². The van der Waals surface area contributed by atoms with Crippen LogP contribution in [0.2, 0.25) is 0 Å². The van der Waals surface area contributed by atoms with Gasteiger partial charge in [-0.3, -0.25) is 4.79 Å². The van der Waals surface area contributed by atoms with Crippen LogP contribution in [-0.4, -0.2) is 19.7 Å². The average molecular weight is 246 g/mol. The summed E-state index contributed by atoms with van der Waals surface area (Å²) < 4.78 is 10.1. The predicted molar refractivity (Wildman–Crippen MR) is 71.5 cm³/mol. The Morgan fingerprint density at radius 2 is 2.00 bits per heavy atom. The molecule has 3 nitrogen and oxygen atoms in total. The lowest BCUT2D eigenvalue weighted by Crippen LogP contribution is -2.16. The van der Waals surface area contributed by atoms with E-state index in [4.69, 9.17) is 9.47 Å². The second-order valence-electron chi connectivity index (χ2n) is 3.81. The molecule has 0 saturated carbocycles. The van der Waals surface area contributed by atoms with Gasteiger partial charge in [-0.2, -0.15) is 0 Å². The predicted octanol–water partition coefficient (Wildman–Crippen LogP) is 2.77. The van der Waals surface area contributed by atoms with Gasteiger partial charge in [0.1, 0.15) is 12.4 Å². The molecular formula is C15H18O3. The van der Waals surface area contributed by atoms with Gasteiger partial charge >= 0.3 is 5.97 Å². The normalized spacial score (nSPS) is 11.4. The van der Waals surface area contributed by atoms with Gasteiger partial charge in [-0.25, -0.2) is 0 Å². The fourth-order valence-electron chi connectivity index (χ4n) is 1.55. The highest BCUT2D eigenvalue weighted by Gasteiger charge is 2.15. The quantitative estimate of drug-likeness (QED) is 0.548. The summed E-state index contributed by atoms with van der Waals surface area (Å²) in [5.74, 6) is 0.207. The van der Waals surface area contributed by atoms with E-state index in [1.807, 2.05) is 24.3 Å². The molecule has 1 aromatic carbocycles. The summed E-state index contributed by atoms with van der Waals surface area (Å²) in [6.07, 6.45) is 3.88. The van der Waals surface area contributed by atoms with Gasteiger partial charge in [0.2, 0.25) is 0 Å². The Bertz CT molecular complexity index is 406. The molecule has 0 aliphatic heterocycles. The molecule has 0 bridgehead atoms. The van der Waals surface area contributed by atoms with E-state index in [-0.39, 0.29) is 11.9 Å². The van der Waals surface area contributed by atoms with Crippen molar-refractivity contribution in [3.8, 4) is 5.75 Å². The minimum absolute atomic E-state index is 0.267. The standard InChI is InChI=1S/C15H18O3/c1-4-10-18-14-8-6-12(7-9-14)11-13(5-2)15(16)17-3/h4-9,13H,1-2,10-11H2,3H3. The maximum Gasteiger partial charge on any atom is 0.312 e. The van der Waals surface area contributed by atoms with Crippen molar-refractivity contribution in [2.45, 2.75) is 6.42 Å². The molecule has 0 amide bonds. The van der Waals surface area contributed by atoms with Crippen LogP contribution >= 0.6 is 0 Å². The highest BCUT2D eigenvalue weighted by molar-refractivity contribution is 5.74. The van der Waals surface area contributed by atoms with Crippen molar-refractivity contribution < 1.29 is 14.3 Å². The van der Waals surface area contributed by atoms with Crippen molar-refractivity contribution >= 4 is 5.97 Å². The molecule has 1 unspecified atom stereocenters. The third kappa shape index (κ3) is 4.09. The molecule has 1 rings (SSSR count). The minimum Gasteiger partial charge on any atom is -0.490 e. The minimum atomic E-state index is -0.310. The van der Waals surface area contributed by atoms with Crippen LogP contribution in [0, 0.1) is 5.92 Å². The van der Waals surface area contributed by atoms with Crippen molar-refractivity contribution in [2.75, 3.05) is 13.7 Å². The maximum absolute atomic E-state index is 11.4. The molecule has 0 saturated heterocycles. The number of ether oxygens (including phenoxy) is 2. The van der Waals surface area contributed by atoms with E-state index in [0.717, 1.165) is 11.3 Å². The fraction of sp³-hybridized carbons (Fsp3) is 0.267. The summed E-state index contributed by atoms with van der Waals surface area (Å²) in [6.45, 7) is 7.72. The fourth-order valence-corrected chi connectivity index (χ4v) is 1.55. The SMILES string of the molecule is C=CCOc1ccc(CC(C=C)C(=O)OC)cc1. The van der Waals surface area contributed by atoms with Gasteiger partial charge in [0, 0.05) is 0 Å². The molecule has 0 heterocycles. The molecule has 0 aromatic heterocycles. The Morgan fingerprint density at radius 3 is 2.50 bits per heavy atom. The monoisotopic (exact) mass is 246 g/mol. The third-order valence-corrected chi connectivity index (χ3v) is 2.54. The van der Waals surface area contributed by atoms with E-state index in [0.29, 0.717) is 13.0 Å². The van der Waals surface area contributed by atoms with Gasteiger partial charge in [0.05, 0.1) is 13.0 Å². The Balaban J connectivity index is 2.64. The number of benzene rings is 1. The first-order valence-corrected chi connectivity index (χ1v) is 5.74. The first kappa shape index (κ1) is 14.0. The van der Waals surface area contributed by atoms with Crippen molar-refractivity contribution in [1.29, 1.82) is 0 Å². The van der Waals surface area contributed by atoms with E-state index in [9.17, 15) is 4.79 Å². The zero-order chi connectivity index (χ0) is 13.4. The van der Waals surface area contributed by atoms with Crippen molar-refractivity contribution in [3.05, 3.63) is 55.1 Å². The van der Waals surface area contributed by atoms with Crippen LogP contribution in [-0.2, 0) is 16.0 Å². The zero-order valence-corrected chi connectivity index (χ0v) is 10.6. The Kier molecular flexibility index (Phi) is 5.71. The largest absolute Gasteiger partial charge is 0.490 e. The molecule has 0 aliphatic rings. The van der Waals surface area contributed by atoms with Crippen molar-refractivity contribution in [1.82, 2.24) is 0 Å². The van der Waals surface area contributed by atoms with Crippen LogP contribution in [0.3, 0.4) is 0 Å².